The molecule has 0 aliphatic rings. The van der Waals surface area contributed by atoms with Gasteiger partial charge in [0, 0.05) is 6.04 Å². The molecule has 0 saturated heterocycles. The zero-order chi connectivity index (χ0) is 12.7. The lowest BCUT2D eigenvalue weighted by Gasteiger charge is -2.16. The Hall–Kier alpha value is -1.52. The van der Waals surface area contributed by atoms with Gasteiger partial charge in [-0.05, 0) is 13.3 Å². The van der Waals surface area contributed by atoms with E-state index < -0.39 is 0 Å². The lowest BCUT2D eigenvalue weighted by molar-refractivity contribution is 0.414. The molecule has 0 spiro atoms. The number of nitrogens with zero attached hydrogens (tertiary/aromatic N) is 2. The number of aromatic nitrogens is 2. The van der Waals surface area contributed by atoms with E-state index in [-0.39, 0.29) is 0 Å². The summed E-state index contributed by atoms with van der Waals surface area (Å²) in [7, 11) is 1.57. The van der Waals surface area contributed by atoms with E-state index in [1.54, 1.807) is 7.11 Å². The first kappa shape index (κ1) is 13.5. The Labute approximate surface area is 103 Å². The van der Waals surface area contributed by atoms with Gasteiger partial charge in [0.15, 0.2) is 11.6 Å². The number of methoxy groups -OCH3 is 1. The zero-order valence-electron chi connectivity index (χ0n) is 10.9. The average molecular weight is 238 g/mol. The third-order valence-electron chi connectivity index (χ3n) is 2.66. The molecule has 0 radical (unpaired) electrons. The highest BCUT2D eigenvalue weighted by molar-refractivity contribution is 5.61. The summed E-state index contributed by atoms with van der Waals surface area (Å²) in [6.45, 7) is 4.33. The minimum absolute atomic E-state index is 0.352. The van der Waals surface area contributed by atoms with Crippen LogP contribution in [0, 0.1) is 0 Å². The van der Waals surface area contributed by atoms with Crippen molar-refractivity contribution in [3.63, 3.8) is 0 Å². The fraction of sp³-hybridized carbons (Fsp3) is 0.667. The molecule has 0 amide bonds. The maximum atomic E-state index is 5.71. The quantitative estimate of drug-likeness (QED) is 0.714. The van der Waals surface area contributed by atoms with Gasteiger partial charge in [-0.3, -0.25) is 0 Å². The summed E-state index contributed by atoms with van der Waals surface area (Å²) in [5.74, 6) is 1.56. The van der Waals surface area contributed by atoms with Crippen molar-refractivity contribution in [1.29, 1.82) is 0 Å². The van der Waals surface area contributed by atoms with Crippen LogP contribution in [0.5, 0.6) is 5.75 Å². The van der Waals surface area contributed by atoms with Gasteiger partial charge in [-0.15, -0.1) is 0 Å². The Balaban J connectivity index is 2.58. The molecule has 96 valence electrons. The minimum Gasteiger partial charge on any atom is -0.490 e. The summed E-state index contributed by atoms with van der Waals surface area (Å²) in [6.07, 6.45) is 6.26. The molecule has 5 heteroatoms. The van der Waals surface area contributed by atoms with Crippen molar-refractivity contribution >= 4 is 11.6 Å². The highest BCUT2D eigenvalue weighted by Crippen LogP contribution is 2.27. The molecule has 0 bridgehead atoms. The Morgan fingerprint density at radius 3 is 2.82 bits per heavy atom. The number of nitrogens with one attached hydrogen (secondary N) is 1. The van der Waals surface area contributed by atoms with Gasteiger partial charge in [-0.1, -0.05) is 26.2 Å². The summed E-state index contributed by atoms with van der Waals surface area (Å²) in [5, 5.41) is 3.31. The van der Waals surface area contributed by atoms with E-state index >= 15 is 0 Å². The first-order valence-electron chi connectivity index (χ1n) is 6.10. The molecule has 1 unspecified atom stereocenters. The molecule has 0 aromatic carbocycles. The molecular formula is C12H22N4O. The van der Waals surface area contributed by atoms with Crippen molar-refractivity contribution in [2.45, 2.75) is 45.6 Å². The van der Waals surface area contributed by atoms with Crippen LogP contribution in [0.3, 0.4) is 0 Å². The number of anilines is 2. The SMILES string of the molecule is CCCCCC(C)Nc1ncnc(N)c1OC. The van der Waals surface area contributed by atoms with Crippen LogP contribution in [0.2, 0.25) is 0 Å². The van der Waals surface area contributed by atoms with Crippen LogP contribution < -0.4 is 15.8 Å². The summed E-state index contributed by atoms with van der Waals surface area (Å²) < 4.78 is 5.19. The standard InChI is InChI=1S/C12H22N4O/c1-4-5-6-7-9(2)16-12-10(17-3)11(13)14-8-15-12/h8-9H,4-7H2,1-3H3,(H3,13,14,15,16). The molecular weight excluding hydrogens is 216 g/mol. The number of unbranched alkanes of at least 4 members (excludes halogenated alkanes) is 2. The largest absolute Gasteiger partial charge is 0.490 e. The number of hydrogen-bond donors (Lipinski definition) is 2. The number of nitrogen functional groups attached to an aromatic ring is 1. The lowest BCUT2D eigenvalue weighted by Crippen LogP contribution is -2.17. The van der Waals surface area contributed by atoms with Crippen LogP contribution >= 0.6 is 0 Å². The number of nitrogens with two attached hydrogens (primary N) is 1. The normalized spacial score (nSPS) is 12.2. The maximum absolute atomic E-state index is 5.71. The van der Waals surface area contributed by atoms with Gasteiger partial charge in [-0.2, -0.15) is 0 Å². The minimum atomic E-state index is 0.352. The van der Waals surface area contributed by atoms with E-state index in [4.69, 9.17) is 10.5 Å². The lowest BCUT2D eigenvalue weighted by atomic mass is 10.1. The van der Waals surface area contributed by atoms with Crippen molar-refractivity contribution in [1.82, 2.24) is 9.97 Å². The fourth-order valence-electron chi connectivity index (χ4n) is 1.70. The molecule has 1 rings (SSSR count). The van der Waals surface area contributed by atoms with E-state index in [0.717, 1.165) is 6.42 Å². The maximum Gasteiger partial charge on any atom is 0.203 e. The van der Waals surface area contributed by atoms with Crippen molar-refractivity contribution in [2.24, 2.45) is 0 Å². The topological polar surface area (TPSA) is 73.1 Å². The number of hydrogen-bond acceptors (Lipinski definition) is 5. The van der Waals surface area contributed by atoms with Gasteiger partial charge in [0.2, 0.25) is 5.75 Å². The van der Waals surface area contributed by atoms with Crippen LogP contribution in [0.4, 0.5) is 11.6 Å². The van der Waals surface area contributed by atoms with E-state index in [1.165, 1.54) is 25.6 Å². The van der Waals surface area contributed by atoms with Crippen LogP contribution in [-0.4, -0.2) is 23.1 Å². The highest BCUT2D eigenvalue weighted by Gasteiger charge is 2.11. The Bertz CT molecular complexity index is 343. The second kappa shape index (κ2) is 6.93. The monoisotopic (exact) mass is 238 g/mol. The molecule has 1 aromatic heterocycles. The zero-order valence-corrected chi connectivity index (χ0v) is 10.9. The molecule has 1 aromatic rings. The number of ether oxygens (including phenoxy) is 1. The van der Waals surface area contributed by atoms with Crippen molar-refractivity contribution < 1.29 is 4.74 Å². The van der Waals surface area contributed by atoms with E-state index in [2.05, 4.69) is 29.1 Å². The van der Waals surface area contributed by atoms with Crippen LogP contribution in [0.25, 0.3) is 0 Å². The van der Waals surface area contributed by atoms with Crippen molar-refractivity contribution in [3.05, 3.63) is 6.33 Å². The van der Waals surface area contributed by atoms with Crippen LogP contribution in [0.1, 0.15) is 39.5 Å². The summed E-state index contributed by atoms with van der Waals surface area (Å²) in [4.78, 5) is 8.05. The first-order valence-corrected chi connectivity index (χ1v) is 6.10. The molecule has 0 saturated carbocycles. The molecule has 5 nitrogen and oxygen atoms in total. The highest BCUT2D eigenvalue weighted by atomic mass is 16.5. The average Bonchev–Trinajstić information content (AvgIpc) is 2.29. The van der Waals surface area contributed by atoms with Crippen LogP contribution in [-0.2, 0) is 0 Å². The van der Waals surface area contributed by atoms with Crippen molar-refractivity contribution in [2.75, 3.05) is 18.2 Å². The molecule has 0 aliphatic heterocycles. The van der Waals surface area contributed by atoms with Crippen LogP contribution in [0.15, 0.2) is 6.33 Å². The predicted octanol–water partition coefficient (Wildman–Crippen LogP) is 2.45. The molecule has 0 aliphatic carbocycles. The van der Waals surface area contributed by atoms with Gasteiger partial charge in [0.05, 0.1) is 7.11 Å². The smallest absolute Gasteiger partial charge is 0.203 e. The second-order valence-corrected chi connectivity index (χ2v) is 4.18. The van der Waals surface area contributed by atoms with E-state index in [0.29, 0.717) is 23.4 Å². The van der Waals surface area contributed by atoms with Gasteiger partial charge < -0.3 is 15.8 Å². The Kier molecular flexibility index (Phi) is 5.52. The second-order valence-electron chi connectivity index (χ2n) is 4.18. The number of rotatable bonds is 7. The molecule has 1 heterocycles. The molecule has 1 atom stereocenters. The first-order chi connectivity index (χ1) is 8.19. The Morgan fingerprint density at radius 2 is 2.18 bits per heavy atom. The van der Waals surface area contributed by atoms with Gasteiger partial charge in [0.25, 0.3) is 0 Å². The van der Waals surface area contributed by atoms with E-state index in [1.807, 2.05) is 0 Å². The van der Waals surface area contributed by atoms with Gasteiger partial charge in [-0.25, -0.2) is 9.97 Å². The van der Waals surface area contributed by atoms with Gasteiger partial charge >= 0.3 is 0 Å². The molecule has 17 heavy (non-hydrogen) atoms. The fourth-order valence-corrected chi connectivity index (χ4v) is 1.70. The Morgan fingerprint density at radius 1 is 1.41 bits per heavy atom. The van der Waals surface area contributed by atoms with Gasteiger partial charge in [0.1, 0.15) is 6.33 Å². The van der Waals surface area contributed by atoms with E-state index in [9.17, 15) is 0 Å². The third kappa shape index (κ3) is 4.09. The third-order valence-corrected chi connectivity index (χ3v) is 2.66. The summed E-state index contributed by atoms with van der Waals surface area (Å²) in [6, 6.07) is 0.352. The summed E-state index contributed by atoms with van der Waals surface area (Å²) >= 11 is 0. The summed E-state index contributed by atoms with van der Waals surface area (Å²) in [5.41, 5.74) is 5.71. The van der Waals surface area contributed by atoms with Crippen molar-refractivity contribution in [3.8, 4) is 5.75 Å². The predicted molar refractivity (Wildman–Crippen MR) is 70.2 cm³/mol. The molecule has 0 fully saturated rings. The molecule has 3 N–H and O–H groups in total.